The largest absolute Gasteiger partial charge is 0.495 e. The van der Waals surface area contributed by atoms with E-state index in [1.54, 1.807) is 7.11 Å². The maximum atomic E-state index is 5.40. The van der Waals surface area contributed by atoms with Crippen LogP contribution in [0.15, 0.2) is 18.2 Å². The minimum Gasteiger partial charge on any atom is -0.495 e. The monoisotopic (exact) mass is 220 g/mol. The first-order valence-electron chi connectivity index (χ1n) is 5.39. The van der Waals surface area contributed by atoms with Gasteiger partial charge in [0.15, 0.2) is 0 Å². The normalized spacial score (nSPS) is 10.9. The molecule has 2 heteroatoms. The Kier molecular flexibility index (Phi) is 2.96. The van der Waals surface area contributed by atoms with Gasteiger partial charge in [0.05, 0.1) is 11.8 Å². The number of hydrogen-bond donors (Lipinski definition) is 0. The Bertz CT molecular complexity index is 471. The van der Waals surface area contributed by atoms with Gasteiger partial charge in [-0.25, -0.2) is 0 Å². The molecule has 0 aliphatic heterocycles. The quantitative estimate of drug-likeness (QED) is 0.758. The topological polar surface area (TPSA) is 9.23 Å². The second-order valence-corrected chi connectivity index (χ2v) is 4.65. The highest BCUT2D eigenvalue weighted by molar-refractivity contribution is 7.19. The van der Waals surface area contributed by atoms with Gasteiger partial charge < -0.3 is 4.74 Å². The predicted molar refractivity (Wildman–Crippen MR) is 67.1 cm³/mol. The number of ether oxygens (including phenoxy) is 1. The SMILES string of the molecule is CCc1sc2c(OC)cccc2c1CC. The lowest BCUT2D eigenvalue weighted by Crippen LogP contribution is -1.84. The summed E-state index contributed by atoms with van der Waals surface area (Å²) in [5, 5.41) is 1.37. The van der Waals surface area contributed by atoms with E-state index in [9.17, 15) is 0 Å². The van der Waals surface area contributed by atoms with Crippen LogP contribution in [0.25, 0.3) is 10.1 Å². The van der Waals surface area contributed by atoms with E-state index in [-0.39, 0.29) is 0 Å². The van der Waals surface area contributed by atoms with Crippen LogP contribution in [0.1, 0.15) is 24.3 Å². The van der Waals surface area contributed by atoms with Crippen molar-refractivity contribution in [2.75, 3.05) is 7.11 Å². The molecule has 0 aliphatic carbocycles. The minimum atomic E-state index is 1.01. The number of hydrogen-bond acceptors (Lipinski definition) is 2. The Morgan fingerprint density at radius 3 is 2.60 bits per heavy atom. The molecule has 0 N–H and O–H groups in total. The molecule has 0 radical (unpaired) electrons. The fraction of sp³-hybridized carbons (Fsp3) is 0.385. The van der Waals surface area contributed by atoms with Crippen LogP contribution in [-0.4, -0.2) is 7.11 Å². The van der Waals surface area contributed by atoms with E-state index in [1.807, 2.05) is 17.4 Å². The minimum absolute atomic E-state index is 1.01. The third-order valence-electron chi connectivity index (χ3n) is 2.76. The van der Waals surface area contributed by atoms with Gasteiger partial charge in [0, 0.05) is 4.88 Å². The van der Waals surface area contributed by atoms with Crippen molar-refractivity contribution in [1.29, 1.82) is 0 Å². The molecule has 1 aromatic carbocycles. The van der Waals surface area contributed by atoms with Crippen LogP contribution in [0.4, 0.5) is 0 Å². The van der Waals surface area contributed by atoms with Gasteiger partial charge in [-0.2, -0.15) is 0 Å². The van der Waals surface area contributed by atoms with Crippen molar-refractivity contribution in [3.05, 3.63) is 28.6 Å². The summed E-state index contributed by atoms with van der Waals surface area (Å²) < 4.78 is 6.69. The van der Waals surface area contributed by atoms with Crippen LogP contribution in [0, 0.1) is 0 Å². The van der Waals surface area contributed by atoms with E-state index >= 15 is 0 Å². The predicted octanol–water partition coefficient (Wildman–Crippen LogP) is 4.03. The average molecular weight is 220 g/mol. The first-order chi connectivity index (χ1) is 7.31. The summed E-state index contributed by atoms with van der Waals surface area (Å²) in [6.07, 6.45) is 2.22. The number of rotatable bonds is 3. The molecule has 0 saturated heterocycles. The number of fused-ring (bicyclic) bond motifs is 1. The van der Waals surface area contributed by atoms with Crippen molar-refractivity contribution in [1.82, 2.24) is 0 Å². The molecule has 0 atom stereocenters. The molecule has 0 bridgehead atoms. The van der Waals surface area contributed by atoms with Crippen molar-refractivity contribution in [3.63, 3.8) is 0 Å². The maximum Gasteiger partial charge on any atom is 0.136 e. The van der Waals surface area contributed by atoms with E-state index in [0.29, 0.717) is 0 Å². The van der Waals surface area contributed by atoms with Gasteiger partial charge in [0.2, 0.25) is 0 Å². The van der Waals surface area contributed by atoms with Gasteiger partial charge >= 0.3 is 0 Å². The van der Waals surface area contributed by atoms with Gasteiger partial charge in [-0.15, -0.1) is 11.3 Å². The molecule has 0 saturated carbocycles. The molecule has 2 aromatic rings. The number of benzene rings is 1. The molecule has 2 rings (SSSR count). The lowest BCUT2D eigenvalue weighted by atomic mass is 10.1. The summed E-state index contributed by atoms with van der Waals surface area (Å²) in [5.41, 5.74) is 1.50. The van der Waals surface area contributed by atoms with Crippen molar-refractivity contribution in [2.24, 2.45) is 0 Å². The van der Waals surface area contributed by atoms with Crippen molar-refractivity contribution >= 4 is 21.4 Å². The smallest absolute Gasteiger partial charge is 0.136 e. The second kappa shape index (κ2) is 4.23. The molecule has 0 fully saturated rings. The second-order valence-electron chi connectivity index (χ2n) is 3.55. The summed E-state index contributed by atoms with van der Waals surface area (Å²) in [4.78, 5) is 1.50. The fourth-order valence-corrected chi connectivity index (χ4v) is 3.35. The summed E-state index contributed by atoms with van der Waals surface area (Å²) in [6, 6.07) is 6.32. The lowest BCUT2D eigenvalue weighted by Gasteiger charge is -2.01. The molecule has 1 aromatic heterocycles. The Labute approximate surface area is 94.7 Å². The first-order valence-corrected chi connectivity index (χ1v) is 6.20. The van der Waals surface area contributed by atoms with Crippen molar-refractivity contribution in [2.45, 2.75) is 26.7 Å². The number of aryl methyl sites for hydroxylation is 2. The third kappa shape index (κ3) is 1.63. The van der Waals surface area contributed by atoms with Crippen molar-refractivity contribution in [3.8, 4) is 5.75 Å². The van der Waals surface area contributed by atoms with Crippen LogP contribution in [0.3, 0.4) is 0 Å². The van der Waals surface area contributed by atoms with Gasteiger partial charge in [-0.3, -0.25) is 0 Å². The molecule has 0 amide bonds. The van der Waals surface area contributed by atoms with E-state index in [4.69, 9.17) is 4.74 Å². The van der Waals surface area contributed by atoms with Gasteiger partial charge in [-0.1, -0.05) is 26.0 Å². The molecular weight excluding hydrogens is 204 g/mol. The Morgan fingerprint density at radius 2 is 2.00 bits per heavy atom. The summed E-state index contributed by atoms with van der Waals surface area (Å²) in [7, 11) is 1.74. The highest BCUT2D eigenvalue weighted by Crippen LogP contribution is 2.37. The highest BCUT2D eigenvalue weighted by Gasteiger charge is 2.11. The summed E-state index contributed by atoms with van der Waals surface area (Å²) >= 11 is 1.87. The van der Waals surface area contributed by atoms with Crippen LogP contribution in [0.5, 0.6) is 5.75 Å². The molecule has 0 unspecified atom stereocenters. The van der Waals surface area contributed by atoms with Crippen LogP contribution >= 0.6 is 11.3 Å². The van der Waals surface area contributed by atoms with Crippen molar-refractivity contribution < 1.29 is 4.74 Å². The summed E-state index contributed by atoms with van der Waals surface area (Å²) in [5.74, 6) is 1.01. The Balaban J connectivity index is 2.75. The molecule has 1 nitrogen and oxygen atoms in total. The lowest BCUT2D eigenvalue weighted by molar-refractivity contribution is 0.420. The number of methoxy groups -OCH3 is 1. The molecule has 15 heavy (non-hydrogen) atoms. The fourth-order valence-electron chi connectivity index (χ4n) is 2.03. The zero-order valence-electron chi connectivity index (χ0n) is 9.46. The van der Waals surface area contributed by atoms with Gasteiger partial charge in [0.25, 0.3) is 0 Å². The van der Waals surface area contributed by atoms with E-state index in [1.165, 1.54) is 20.5 Å². The molecular formula is C13H16OS. The Morgan fingerprint density at radius 1 is 1.20 bits per heavy atom. The van der Waals surface area contributed by atoms with E-state index in [2.05, 4.69) is 26.0 Å². The van der Waals surface area contributed by atoms with Crippen LogP contribution < -0.4 is 4.74 Å². The van der Waals surface area contributed by atoms with Crippen LogP contribution in [-0.2, 0) is 12.8 Å². The molecule has 0 aliphatic rings. The Hall–Kier alpha value is -1.02. The molecule has 1 heterocycles. The summed E-state index contributed by atoms with van der Waals surface area (Å²) in [6.45, 7) is 4.44. The van der Waals surface area contributed by atoms with Gasteiger partial charge in [-0.05, 0) is 29.9 Å². The van der Waals surface area contributed by atoms with Crippen LogP contribution in [0.2, 0.25) is 0 Å². The maximum absolute atomic E-state index is 5.40. The zero-order chi connectivity index (χ0) is 10.8. The first kappa shape index (κ1) is 10.5. The highest BCUT2D eigenvalue weighted by atomic mass is 32.1. The zero-order valence-corrected chi connectivity index (χ0v) is 10.3. The van der Waals surface area contributed by atoms with E-state index in [0.717, 1.165) is 18.6 Å². The number of thiophene rings is 1. The van der Waals surface area contributed by atoms with Gasteiger partial charge in [0.1, 0.15) is 5.75 Å². The molecule has 80 valence electrons. The van der Waals surface area contributed by atoms with E-state index < -0.39 is 0 Å². The average Bonchev–Trinajstić information content (AvgIpc) is 2.66. The standard InChI is InChI=1S/C13H16OS/c1-4-9-10-7-6-8-11(14-3)13(10)15-12(9)5-2/h6-8H,4-5H2,1-3H3. The molecule has 0 spiro atoms. The third-order valence-corrected chi connectivity index (χ3v) is 4.17.